The summed E-state index contributed by atoms with van der Waals surface area (Å²) in [6, 6.07) is 7.79. The summed E-state index contributed by atoms with van der Waals surface area (Å²) in [6.07, 6.45) is 1.53. The number of halogens is 1. The van der Waals surface area contributed by atoms with Gasteiger partial charge in [0.1, 0.15) is 0 Å². The molecule has 1 aromatic carbocycles. The van der Waals surface area contributed by atoms with Gasteiger partial charge in [0.2, 0.25) is 0 Å². The standard InChI is InChI=1S/C10H7ClO/c11-10-5-7-3-1-2-4-8(7)9(10)6-12/h1-4,6H,5H2. The second-order valence-corrected chi connectivity index (χ2v) is 3.23. The minimum Gasteiger partial charge on any atom is -0.298 e. The van der Waals surface area contributed by atoms with Crippen LogP contribution in [0.4, 0.5) is 0 Å². The van der Waals surface area contributed by atoms with Crippen molar-refractivity contribution in [2.24, 2.45) is 0 Å². The molecule has 1 aromatic rings. The van der Waals surface area contributed by atoms with E-state index in [1.165, 1.54) is 0 Å². The number of allylic oxidation sites excluding steroid dienone is 2. The van der Waals surface area contributed by atoms with Gasteiger partial charge < -0.3 is 0 Å². The van der Waals surface area contributed by atoms with Crippen molar-refractivity contribution in [3.63, 3.8) is 0 Å². The monoisotopic (exact) mass is 178 g/mol. The van der Waals surface area contributed by atoms with Gasteiger partial charge in [-0.2, -0.15) is 0 Å². The van der Waals surface area contributed by atoms with E-state index in [1.807, 2.05) is 24.3 Å². The van der Waals surface area contributed by atoms with Gasteiger partial charge in [0.15, 0.2) is 6.29 Å². The first-order valence-corrected chi connectivity index (χ1v) is 4.13. The molecule has 0 aliphatic heterocycles. The van der Waals surface area contributed by atoms with E-state index in [0.29, 0.717) is 17.0 Å². The van der Waals surface area contributed by atoms with E-state index < -0.39 is 0 Å². The highest BCUT2D eigenvalue weighted by Crippen LogP contribution is 2.32. The summed E-state index contributed by atoms with van der Waals surface area (Å²) >= 11 is 5.89. The SMILES string of the molecule is O=CC1=C(Cl)Cc2ccccc21. The molecule has 0 radical (unpaired) electrons. The van der Waals surface area contributed by atoms with E-state index in [0.717, 1.165) is 17.4 Å². The van der Waals surface area contributed by atoms with Crippen molar-refractivity contribution in [1.82, 2.24) is 0 Å². The zero-order valence-electron chi connectivity index (χ0n) is 6.38. The molecule has 0 heterocycles. The minimum atomic E-state index is 0.646. The highest BCUT2D eigenvalue weighted by molar-refractivity contribution is 6.38. The molecule has 0 N–H and O–H groups in total. The molecule has 0 unspecified atom stereocenters. The smallest absolute Gasteiger partial charge is 0.151 e. The molecule has 0 saturated heterocycles. The maximum atomic E-state index is 10.6. The molecule has 0 amide bonds. The Kier molecular flexibility index (Phi) is 1.74. The predicted octanol–water partition coefficient (Wildman–Crippen LogP) is 2.39. The van der Waals surface area contributed by atoms with Gasteiger partial charge in [0, 0.05) is 17.0 Å². The Morgan fingerprint density at radius 3 is 2.83 bits per heavy atom. The van der Waals surface area contributed by atoms with Crippen LogP contribution in [0.25, 0.3) is 5.57 Å². The molecule has 0 bridgehead atoms. The van der Waals surface area contributed by atoms with Gasteiger partial charge in [-0.3, -0.25) is 4.79 Å². The van der Waals surface area contributed by atoms with Crippen LogP contribution in [0.2, 0.25) is 0 Å². The lowest BCUT2D eigenvalue weighted by Gasteiger charge is -1.96. The summed E-state index contributed by atoms with van der Waals surface area (Å²) in [5.74, 6) is 0. The van der Waals surface area contributed by atoms with Crippen LogP contribution in [-0.4, -0.2) is 6.29 Å². The topological polar surface area (TPSA) is 17.1 Å². The molecule has 0 saturated carbocycles. The van der Waals surface area contributed by atoms with Crippen molar-refractivity contribution in [2.45, 2.75) is 6.42 Å². The fourth-order valence-electron chi connectivity index (χ4n) is 1.47. The van der Waals surface area contributed by atoms with Crippen molar-refractivity contribution in [3.05, 3.63) is 40.4 Å². The average Bonchev–Trinajstić information content (AvgIpc) is 2.40. The van der Waals surface area contributed by atoms with E-state index in [4.69, 9.17) is 11.6 Å². The molecule has 1 nitrogen and oxygen atoms in total. The van der Waals surface area contributed by atoms with E-state index in [9.17, 15) is 4.79 Å². The lowest BCUT2D eigenvalue weighted by atomic mass is 10.1. The minimum absolute atomic E-state index is 0.646. The Morgan fingerprint density at radius 1 is 1.33 bits per heavy atom. The molecular weight excluding hydrogens is 172 g/mol. The maximum Gasteiger partial charge on any atom is 0.151 e. The van der Waals surface area contributed by atoms with E-state index in [2.05, 4.69) is 0 Å². The Morgan fingerprint density at radius 2 is 2.08 bits per heavy atom. The summed E-state index contributed by atoms with van der Waals surface area (Å²) in [7, 11) is 0. The van der Waals surface area contributed by atoms with Crippen molar-refractivity contribution < 1.29 is 4.79 Å². The zero-order chi connectivity index (χ0) is 8.55. The number of hydrogen-bond donors (Lipinski definition) is 0. The number of benzene rings is 1. The van der Waals surface area contributed by atoms with Gasteiger partial charge in [0.05, 0.1) is 0 Å². The summed E-state index contributed by atoms with van der Waals surface area (Å²) < 4.78 is 0. The second kappa shape index (κ2) is 2.76. The molecule has 0 fully saturated rings. The highest BCUT2D eigenvalue weighted by Gasteiger charge is 2.18. The maximum absolute atomic E-state index is 10.6. The quantitative estimate of drug-likeness (QED) is 0.604. The summed E-state index contributed by atoms with van der Waals surface area (Å²) in [5, 5.41) is 0.659. The normalized spacial score (nSPS) is 14.8. The van der Waals surface area contributed by atoms with Crippen LogP contribution < -0.4 is 0 Å². The lowest BCUT2D eigenvalue weighted by Crippen LogP contribution is -1.83. The van der Waals surface area contributed by atoms with Crippen LogP contribution in [0.3, 0.4) is 0 Å². The Balaban J connectivity index is 2.60. The van der Waals surface area contributed by atoms with Gasteiger partial charge in [0.25, 0.3) is 0 Å². The molecule has 2 heteroatoms. The number of carbonyl (C=O) groups is 1. The van der Waals surface area contributed by atoms with Crippen LogP contribution in [0.15, 0.2) is 29.3 Å². The number of fused-ring (bicyclic) bond motifs is 1. The predicted molar refractivity (Wildman–Crippen MR) is 49.0 cm³/mol. The lowest BCUT2D eigenvalue weighted by molar-refractivity contribution is -0.103. The van der Waals surface area contributed by atoms with Crippen LogP contribution >= 0.6 is 11.6 Å². The van der Waals surface area contributed by atoms with Crippen molar-refractivity contribution in [1.29, 1.82) is 0 Å². The second-order valence-electron chi connectivity index (χ2n) is 2.77. The summed E-state index contributed by atoms with van der Waals surface area (Å²) in [5.41, 5.74) is 2.77. The number of carbonyl (C=O) groups excluding carboxylic acids is 1. The molecule has 0 spiro atoms. The largest absolute Gasteiger partial charge is 0.298 e. The molecular formula is C10H7ClO. The molecule has 2 rings (SSSR count). The summed E-state index contributed by atoms with van der Waals surface area (Å²) in [4.78, 5) is 10.6. The van der Waals surface area contributed by atoms with Gasteiger partial charge in [-0.05, 0) is 11.1 Å². The van der Waals surface area contributed by atoms with Crippen LogP contribution in [0, 0.1) is 0 Å². The molecule has 1 aliphatic rings. The number of aldehydes is 1. The highest BCUT2D eigenvalue weighted by atomic mass is 35.5. The first-order chi connectivity index (χ1) is 5.83. The van der Waals surface area contributed by atoms with Crippen LogP contribution in [0.5, 0.6) is 0 Å². The van der Waals surface area contributed by atoms with Crippen molar-refractivity contribution >= 4 is 23.5 Å². The Labute approximate surface area is 75.7 Å². The fourth-order valence-corrected chi connectivity index (χ4v) is 1.76. The fraction of sp³-hybridized carbons (Fsp3) is 0.100. The Bertz CT molecular complexity index is 366. The van der Waals surface area contributed by atoms with E-state index >= 15 is 0 Å². The van der Waals surface area contributed by atoms with Gasteiger partial charge >= 0.3 is 0 Å². The van der Waals surface area contributed by atoms with Crippen molar-refractivity contribution in [2.75, 3.05) is 0 Å². The first-order valence-electron chi connectivity index (χ1n) is 3.75. The average molecular weight is 179 g/mol. The Hall–Kier alpha value is -1.08. The third kappa shape index (κ3) is 0.978. The zero-order valence-corrected chi connectivity index (χ0v) is 7.14. The van der Waals surface area contributed by atoms with E-state index in [-0.39, 0.29) is 0 Å². The van der Waals surface area contributed by atoms with Gasteiger partial charge in [-0.1, -0.05) is 35.9 Å². The molecule has 0 aromatic heterocycles. The van der Waals surface area contributed by atoms with Gasteiger partial charge in [-0.25, -0.2) is 0 Å². The number of hydrogen-bond acceptors (Lipinski definition) is 1. The van der Waals surface area contributed by atoms with E-state index in [1.54, 1.807) is 0 Å². The molecule has 1 aliphatic carbocycles. The molecule has 60 valence electrons. The third-order valence-electron chi connectivity index (χ3n) is 2.06. The van der Waals surface area contributed by atoms with Crippen LogP contribution in [-0.2, 0) is 11.2 Å². The van der Waals surface area contributed by atoms with Crippen LogP contribution in [0.1, 0.15) is 11.1 Å². The van der Waals surface area contributed by atoms with Crippen molar-refractivity contribution in [3.8, 4) is 0 Å². The third-order valence-corrected chi connectivity index (χ3v) is 2.40. The first kappa shape index (κ1) is 7.56. The number of rotatable bonds is 1. The summed E-state index contributed by atoms with van der Waals surface area (Å²) in [6.45, 7) is 0. The molecule has 0 atom stereocenters. The van der Waals surface area contributed by atoms with Gasteiger partial charge in [-0.15, -0.1) is 0 Å². The molecule has 12 heavy (non-hydrogen) atoms.